The number of sulfonamides is 1. The van der Waals surface area contributed by atoms with Gasteiger partial charge in [0.25, 0.3) is 5.91 Å². The summed E-state index contributed by atoms with van der Waals surface area (Å²) in [5, 5.41) is 3.95. The molecular formula is C22H29N3O5S. The molecule has 2 aromatic carbocycles. The second-order valence-corrected chi connectivity index (χ2v) is 8.68. The Labute approximate surface area is 183 Å². The summed E-state index contributed by atoms with van der Waals surface area (Å²) in [6.45, 7) is 4.80. The third kappa shape index (κ3) is 6.28. The molecular weight excluding hydrogens is 418 g/mol. The summed E-state index contributed by atoms with van der Waals surface area (Å²) in [4.78, 5) is 12.5. The van der Waals surface area contributed by atoms with Crippen LogP contribution in [0.5, 0.6) is 11.5 Å². The fourth-order valence-corrected chi connectivity index (χ4v) is 4.57. The number of benzene rings is 2. The molecule has 0 spiro atoms. The number of ether oxygens (including phenoxy) is 2. The zero-order valence-electron chi connectivity index (χ0n) is 18.3. The van der Waals surface area contributed by atoms with Gasteiger partial charge in [-0.3, -0.25) is 4.79 Å². The van der Waals surface area contributed by atoms with Crippen LogP contribution in [0.3, 0.4) is 0 Å². The highest BCUT2D eigenvalue weighted by molar-refractivity contribution is 7.89. The maximum Gasteiger partial charge on any atom is 0.271 e. The zero-order chi connectivity index (χ0) is 22.9. The van der Waals surface area contributed by atoms with Crippen LogP contribution in [-0.2, 0) is 10.0 Å². The van der Waals surface area contributed by atoms with Gasteiger partial charge in [0.2, 0.25) is 10.0 Å². The van der Waals surface area contributed by atoms with E-state index in [2.05, 4.69) is 10.5 Å². The molecule has 0 aliphatic rings. The lowest BCUT2D eigenvalue weighted by Gasteiger charge is -2.21. The molecule has 0 heterocycles. The maximum atomic E-state index is 12.8. The van der Waals surface area contributed by atoms with Gasteiger partial charge in [-0.2, -0.15) is 9.41 Å². The third-order valence-corrected chi connectivity index (χ3v) is 6.40. The van der Waals surface area contributed by atoms with Gasteiger partial charge in [0.05, 0.1) is 25.3 Å². The van der Waals surface area contributed by atoms with Crippen LogP contribution in [0.4, 0.5) is 0 Å². The first kappa shape index (κ1) is 24.4. The maximum absolute atomic E-state index is 12.8. The summed E-state index contributed by atoms with van der Waals surface area (Å²) in [6, 6.07) is 11.1. The van der Waals surface area contributed by atoms with Gasteiger partial charge in [0, 0.05) is 18.7 Å². The molecule has 0 aromatic heterocycles. The first-order valence-electron chi connectivity index (χ1n) is 10.0. The molecule has 0 bridgehead atoms. The minimum absolute atomic E-state index is 0.166. The summed E-state index contributed by atoms with van der Waals surface area (Å²) >= 11 is 0. The van der Waals surface area contributed by atoms with Crippen LogP contribution in [0.25, 0.3) is 0 Å². The van der Waals surface area contributed by atoms with Crippen molar-refractivity contribution in [1.82, 2.24) is 9.73 Å². The summed E-state index contributed by atoms with van der Waals surface area (Å²) in [7, 11) is -0.498. The quantitative estimate of drug-likeness (QED) is 0.421. The number of carbonyl (C=O) groups excluding carboxylic acids is 1. The van der Waals surface area contributed by atoms with E-state index >= 15 is 0 Å². The number of carbonyl (C=O) groups is 1. The highest BCUT2D eigenvalue weighted by Crippen LogP contribution is 2.26. The summed E-state index contributed by atoms with van der Waals surface area (Å²) < 4.78 is 37.5. The van der Waals surface area contributed by atoms with Crippen LogP contribution in [0, 0.1) is 0 Å². The molecule has 2 rings (SSSR count). The number of rotatable bonds is 11. The first-order valence-corrected chi connectivity index (χ1v) is 11.5. The molecule has 168 valence electrons. The zero-order valence-corrected chi connectivity index (χ0v) is 19.1. The Morgan fingerprint density at radius 1 is 1.00 bits per heavy atom. The Kier molecular flexibility index (Phi) is 9.02. The number of hydrazone groups is 1. The summed E-state index contributed by atoms with van der Waals surface area (Å²) in [5.41, 5.74) is 3.45. The molecule has 0 fully saturated rings. The molecule has 1 amide bonds. The number of nitrogens with one attached hydrogen (secondary N) is 1. The van der Waals surface area contributed by atoms with E-state index in [9.17, 15) is 13.2 Å². The monoisotopic (exact) mass is 447 g/mol. The van der Waals surface area contributed by atoms with Gasteiger partial charge < -0.3 is 9.47 Å². The SMILES string of the molecule is CCCN(CCC)S(=O)(=O)c1ccc(C(=O)N/N=C\c2ccc(OC)c(OC)c2)cc1. The van der Waals surface area contributed by atoms with Crippen LogP contribution in [-0.4, -0.2) is 52.2 Å². The molecule has 0 atom stereocenters. The van der Waals surface area contributed by atoms with Gasteiger partial charge >= 0.3 is 0 Å². The van der Waals surface area contributed by atoms with E-state index in [0.717, 1.165) is 12.8 Å². The molecule has 2 aromatic rings. The van der Waals surface area contributed by atoms with E-state index in [-0.39, 0.29) is 4.90 Å². The number of nitrogens with zero attached hydrogens (tertiary/aromatic N) is 2. The number of hydrogen-bond acceptors (Lipinski definition) is 6. The van der Waals surface area contributed by atoms with Gasteiger partial charge in [0.15, 0.2) is 11.5 Å². The van der Waals surface area contributed by atoms with Crippen molar-refractivity contribution in [1.29, 1.82) is 0 Å². The molecule has 0 saturated carbocycles. The number of amides is 1. The molecule has 1 N–H and O–H groups in total. The molecule has 0 radical (unpaired) electrons. The average Bonchev–Trinajstić information content (AvgIpc) is 2.78. The minimum Gasteiger partial charge on any atom is -0.493 e. The smallest absolute Gasteiger partial charge is 0.271 e. The normalized spacial score (nSPS) is 11.6. The topological polar surface area (TPSA) is 97.3 Å². The fourth-order valence-electron chi connectivity index (χ4n) is 2.94. The first-order chi connectivity index (χ1) is 14.9. The fraction of sp³-hybridized carbons (Fsp3) is 0.364. The van der Waals surface area contributed by atoms with Crippen LogP contribution in [0.15, 0.2) is 52.5 Å². The predicted octanol–water partition coefficient (Wildman–Crippen LogP) is 3.28. The molecule has 8 nitrogen and oxygen atoms in total. The van der Waals surface area contributed by atoms with E-state index in [0.29, 0.717) is 35.7 Å². The van der Waals surface area contributed by atoms with Crippen molar-refractivity contribution >= 4 is 22.1 Å². The van der Waals surface area contributed by atoms with Crippen molar-refractivity contribution in [3.63, 3.8) is 0 Å². The Morgan fingerprint density at radius 2 is 1.61 bits per heavy atom. The lowest BCUT2D eigenvalue weighted by atomic mass is 10.2. The van der Waals surface area contributed by atoms with Crippen LogP contribution >= 0.6 is 0 Å². The Bertz CT molecular complexity index is 998. The minimum atomic E-state index is -3.58. The van der Waals surface area contributed by atoms with Crippen molar-refractivity contribution in [2.24, 2.45) is 5.10 Å². The van der Waals surface area contributed by atoms with Crippen molar-refractivity contribution in [2.45, 2.75) is 31.6 Å². The number of hydrogen-bond donors (Lipinski definition) is 1. The van der Waals surface area contributed by atoms with E-state index in [1.54, 1.807) is 25.3 Å². The molecule has 0 unspecified atom stereocenters. The van der Waals surface area contributed by atoms with Crippen molar-refractivity contribution < 1.29 is 22.7 Å². The van der Waals surface area contributed by atoms with Gasteiger partial charge in [0.1, 0.15) is 0 Å². The average molecular weight is 448 g/mol. The molecule has 0 aliphatic heterocycles. The largest absolute Gasteiger partial charge is 0.493 e. The van der Waals surface area contributed by atoms with Crippen LogP contribution < -0.4 is 14.9 Å². The predicted molar refractivity (Wildman–Crippen MR) is 120 cm³/mol. The Balaban J connectivity index is 2.08. The third-order valence-electron chi connectivity index (χ3n) is 4.49. The highest BCUT2D eigenvalue weighted by Gasteiger charge is 2.23. The van der Waals surface area contributed by atoms with E-state index in [4.69, 9.17) is 9.47 Å². The second kappa shape index (κ2) is 11.5. The van der Waals surface area contributed by atoms with Gasteiger partial charge in [-0.15, -0.1) is 0 Å². The Hall–Kier alpha value is -2.91. The molecule has 0 aliphatic carbocycles. The summed E-state index contributed by atoms with van der Waals surface area (Å²) in [6.07, 6.45) is 2.95. The summed E-state index contributed by atoms with van der Waals surface area (Å²) in [5.74, 6) is 0.699. The molecule has 9 heteroatoms. The van der Waals surface area contributed by atoms with Crippen molar-refractivity contribution in [2.75, 3.05) is 27.3 Å². The second-order valence-electron chi connectivity index (χ2n) is 6.74. The molecule has 0 saturated heterocycles. The van der Waals surface area contributed by atoms with Crippen LogP contribution in [0.1, 0.15) is 42.6 Å². The van der Waals surface area contributed by atoms with Crippen LogP contribution in [0.2, 0.25) is 0 Å². The van der Waals surface area contributed by atoms with Gasteiger partial charge in [-0.1, -0.05) is 13.8 Å². The lowest BCUT2D eigenvalue weighted by Crippen LogP contribution is -2.32. The Morgan fingerprint density at radius 3 is 2.16 bits per heavy atom. The van der Waals surface area contributed by atoms with Gasteiger partial charge in [-0.25, -0.2) is 13.8 Å². The van der Waals surface area contributed by atoms with Crippen molar-refractivity contribution in [3.8, 4) is 11.5 Å². The number of methoxy groups -OCH3 is 2. The van der Waals surface area contributed by atoms with E-state index < -0.39 is 15.9 Å². The van der Waals surface area contributed by atoms with E-state index in [1.807, 2.05) is 13.8 Å². The van der Waals surface area contributed by atoms with Gasteiger partial charge in [-0.05, 0) is 60.9 Å². The lowest BCUT2D eigenvalue weighted by molar-refractivity contribution is 0.0955. The highest BCUT2D eigenvalue weighted by atomic mass is 32.2. The molecule has 31 heavy (non-hydrogen) atoms. The van der Waals surface area contributed by atoms with E-state index in [1.165, 1.54) is 41.9 Å². The van der Waals surface area contributed by atoms with Crippen molar-refractivity contribution in [3.05, 3.63) is 53.6 Å². The standard InChI is InChI=1S/C22H29N3O5S/c1-5-13-25(14-6-2)31(27,28)19-10-8-18(9-11-19)22(26)24-23-16-17-7-12-20(29-3)21(15-17)30-4/h7-12,15-16H,5-6,13-14H2,1-4H3,(H,24,26)/b23-16-.